The van der Waals surface area contributed by atoms with Crippen molar-refractivity contribution in [1.82, 2.24) is 0 Å². The van der Waals surface area contributed by atoms with Crippen molar-refractivity contribution in [2.45, 2.75) is 32.1 Å². The molecule has 0 amide bonds. The first-order valence-corrected chi connectivity index (χ1v) is 7.25. The quantitative estimate of drug-likeness (QED) is 0.654. The normalized spacial score (nSPS) is 12.6. The predicted octanol–water partition coefficient (Wildman–Crippen LogP) is 5.34. The molecule has 90 valence electrons. The molecule has 17 heavy (non-hydrogen) atoms. The molecule has 1 heterocycles. The van der Waals surface area contributed by atoms with Crippen molar-refractivity contribution in [3.63, 3.8) is 0 Å². The lowest BCUT2D eigenvalue weighted by atomic mass is 10.1. The lowest BCUT2D eigenvalue weighted by Gasteiger charge is -2.08. The van der Waals surface area contributed by atoms with Crippen LogP contribution in [0.25, 0.3) is 0 Å². The topological polar surface area (TPSA) is 0 Å². The Labute approximate surface area is 112 Å². The van der Waals surface area contributed by atoms with Gasteiger partial charge in [0, 0.05) is 9.75 Å². The first-order chi connectivity index (χ1) is 8.20. The maximum absolute atomic E-state index is 6.48. The van der Waals surface area contributed by atoms with Gasteiger partial charge in [0.2, 0.25) is 0 Å². The van der Waals surface area contributed by atoms with E-state index in [1.807, 2.05) is 0 Å². The van der Waals surface area contributed by atoms with E-state index >= 15 is 0 Å². The van der Waals surface area contributed by atoms with Crippen LogP contribution in [0.3, 0.4) is 0 Å². The number of hydrogen-bond donors (Lipinski definition) is 0. The zero-order valence-corrected chi connectivity index (χ0v) is 11.8. The van der Waals surface area contributed by atoms with Crippen LogP contribution in [0.2, 0.25) is 0 Å². The zero-order chi connectivity index (χ0) is 12.3. The summed E-state index contributed by atoms with van der Waals surface area (Å²) in [5.74, 6) is 0. The van der Waals surface area contributed by atoms with Gasteiger partial charge in [-0.1, -0.05) is 37.6 Å². The molecule has 0 aliphatic carbocycles. The minimum atomic E-state index is -0.00984. The van der Waals surface area contributed by atoms with E-state index < -0.39 is 0 Å². The van der Waals surface area contributed by atoms with Gasteiger partial charge < -0.3 is 0 Å². The Kier molecular flexibility index (Phi) is 4.25. The number of halogens is 1. The van der Waals surface area contributed by atoms with Gasteiger partial charge in [-0.05, 0) is 36.6 Å². The molecule has 1 atom stereocenters. The highest BCUT2D eigenvalue weighted by atomic mass is 35.5. The monoisotopic (exact) mass is 264 g/mol. The fraction of sp³-hybridized carbons (Fsp3) is 0.333. The smallest absolute Gasteiger partial charge is 0.0927 e. The third-order valence-electron chi connectivity index (χ3n) is 2.82. The van der Waals surface area contributed by atoms with Gasteiger partial charge in [0.1, 0.15) is 0 Å². The van der Waals surface area contributed by atoms with Crippen LogP contribution >= 0.6 is 22.9 Å². The van der Waals surface area contributed by atoms with E-state index in [1.165, 1.54) is 27.3 Å². The maximum Gasteiger partial charge on any atom is 0.0927 e. The molecule has 1 unspecified atom stereocenters. The molecule has 2 rings (SSSR count). The van der Waals surface area contributed by atoms with Gasteiger partial charge in [0.25, 0.3) is 0 Å². The van der Waals surface area contributed by atoms with E-state index in [2.05, 4.69) is 50.2 Å². The first-order valence-electron chi connectivity index (χ1n) is 6.00. The Morgan fingerprint density at radius 1 is 1.12 bits per heavy atom. The van der Waals surface area contributed by atoms with Crippen molar-refractivity contribution in [1.29, 1.82) is 0 Å². The molecule has 1 aromatic heterocycles. The fourth-order valence-corrected chi connectivity index (χ4v) is 3.13. The summed E-state index contributed by atoms with van der Waals surface area (Å²) in [6, 6.07) is 12.9. The molecule has 2 heteroatoms. The third-order valence-corrected chi connectivity index (χ3v) is 4.50. The second-order valence-corrected chi connectivity index (χ2v) is 6.06. The Morgan fingerprint density at radius 2 is 1.82 bits per heavy atom. The molecular weight excluding hydrogens is 248 g/mol. The number of rotatable bonds is 4. The van der Waals surface area contributed by atoms with Crippen LogP contribution in [0.15, 0.2) is 36.4 Å². The standard InChI is InChI=1S/C15H17ClS/c1-3-4-12-6-8-13(9-7-12)15(16)14-10-5-11(2)17-14/h5-10,15H,3-4H2,1-2H3. The summed E-state index contributed by atoms with van der Waals surface area (Å²) < 4.78 is 0. The average molecular weight is 265 g/mol. The number of thiophene rings is 1. The van der Waals surface area contributed by atoms with Crippen LogP contribution in [-0.4, -0.2) is 0 Å². The SMILES string of the molecule is CCCc1ccc(C(Cl)c2ccc(C)s2)cc1. The summed E-state index contributed by atoms with van der Waals surface area (Å²) in [5, 5.41) is -0.00984. The lowest BCUT2D eigenvalue weighted by molar-refractivity contribution is 0.920. The molecule has 0 bridgehead atoms. The highest BCUT2D eigenvalue weighted by Gasteiger charge is 2.12. The van der Waals surface area contributed by atoms with Gasteiger partial charge in [0.05, 0.1) is 5.38 Å². The van der Waals surface area contributed by atoms with Crippen molar-refractivity contribution in [3.8, 4) is 0 Å². The van der Waals surface area contributed by atoms with Gasteiger partial charge in [0.15, 0.2) is 0 Å². The third kappa shape index (κ3) is 3.11. The first kappa shape index (κ1) is 12.7. The largest absolute Gasteiger partial charge is 0.144 e. The summed E-state index contributed by atoms with van der Waals surface area (Å²) in [6.07, 6.45) is 2.33. The van der Waals surface area contributed by atoms with E-state index in [9.17, 15) is 0 Å². The Balaban J connectivity index is 2.16. The highest BCUT2D eigenvalue weighted by molar-refractivity contribution is 7.12. The van der Waals surface area contributed by atoms with Crippen molar-refractivity contribution < 1.29 is 0 Å². The number of alkyl halides is 1. The van der Waals surface area contributed by atoms with Gasteiger partial charge in [-0.2, -0.15) is 0 Å². The van der Waals surface area contributed by atoms with Crippen LogP contribution in [-0.2, 0) is 6.42 Å². The molecule has 0 spiro atoms. The Morgan fingerprint density at radius 3 is 2.35 bits per heavy atom. The van der Waals surface area contributed by atoms with Crippen molar-refractivity contribution >= 4 is 22.9 Å². The molecule has 0 aliphatic heterocycles. The zero-order valence-electron chi connectivity index (χ0n) is 10.2. The van der Waals surface area contributed by atoms with Gasteiger partial charge >= 0.3 is 0 Å². The molecule has 0 fully saturated rings. The summed E-state index contributed by atoms with van der Waals surface area (Å²) in [5.41, 5.74) is 2.58. The van der Waals surface area contributed by atoms with E-state index in [0.717, 1.165) is 6.42 Å². The molecule has 0 radical (unpaired) electrons. The molecule has 0 nitrogen and oxygen atoms in total. The van der Waals surface area contributed by atoms with Crippen molar-refractivity contribution in [2.24, 2.45) is 0 Å². The Hall–Kier alpha value is -0.790. The minimum Gasteiger partial charge on any atom is -0.144 e. The van der Waals surface area contributed by atoms with Gasteiger partial charge in [-0.3, -0.25) is 0 Å². The summed E-state index contributed by atoms with van der Waals surface area (Å²) in [6.45, 7) is 4.31. The molecule has 0 saturated carbocycles. The molecule has 0 saturated heterocycles. The summed E-state index contributed by atoms with van der Waals surface area (Å²) in [7, 11) is 0. The van der Waals surface area contributed by atoms with Crippen LogP contribution in [0.1, 0.15) is 39.6 Å². The second-order valence-electron chi connectivity index (χ2n) is 4.30. The number of benzene rings is 1. The van der Waals surface area contributed by atoms with Crippen molar-refractivity contribution in [3.05, 3.63) is 57.3 Å². The van der Waals surface area contributed by atoms with E-state index in [4.69, 9.17) is 11.6 Å². The predicted molar refractivity (Wildman–Crippen MR) is 77.2 cm³/mol. The van der Waals surface area contributed by atoms with E-state index in [-0.39, 0.29) is 5.38 Å². The Bertz CT molecular complexity index is 470. The number of aryl methyl sites for hydroxylation is 2. The average Bonchev–Trinajstić information content (AvgIpc) is 2.76. The van der Waals surface area contributed by atoms with E-state index in [0.29, 0.717) is 0 Å². The molecule has 1 aromatic carbocycles. The number of hydrogen-bond acceptors (Lipinski definition) is 1. The summed E-state index contributed by atoms with van der Waals surface area (Å²) in [4.78, 5) is 2.54. The van der Waals surface area contributed by atoms with Gasteiger partial charge in [-0.25, -0.2) is 0 Å². The minimum absolute atomic E-state index is 0.00984. The summed E-state index contributed by atoms with van der Waals surface area (Å²) >= 11 is 8.26. The molecule has 0 N–H and O–H groups in total. The lowest BCUT2D eigenvalue weighted by Crippen LogP contribution is -1.91. The molecule has 0 aliphatic rings. The van der Waals surface area contributed by atoms with Crippen LogP contribution in [0, 0.1) is 6.92 Å². The molecular formula is C15H17ClS. The van der Waals surface area contributed by atoms with E-state index in [1.54, 1.807) is 11.3 Å². The maximum atomic E-state index is 6.48. The van der Waals surface area contributed by atoms with Crippen molar-refractivity contribution in [2.75, 3.05) is 0 Å². The van der Waals surface area contributed by atoms with Crippen LogP contribution in [0.4, 0.5) is 0 Å². The second kappa shape index (κ2) is 5.70. The van der Waals surface area contributed by atoms with Crippen LogP contribution in [0.5, 0.6) is 0 Å². The molecule has 2 aromatic rings. The van der Waals surface area contributed by atoms with Crippen LogP contribution < -0.4 is 0 Å². The fourth-order valence-electron chi connectivity index (χ4n) is 1.90. The highest BCUT2D eigenvalue weighted by Crippen LogP contribution is 2.33. The van der Waals surface area contributed by atoms with Gasteiger partial charge in [-0.15, -0.1) is 22.9 Å².